The zero-order chi connectivity index (χ0) is 23.7. The van der Waals surface area contributed by atoms with Crippen LogP contribution in [0.15, 0.2) is 54.0 Å². The van der Waals surface area contributed by atoms with E-state index in [-0.39, 0.29) is 16.9 Å². The number of nitrogens with zero attached hydrogens (tertiary/aromatic N) is 4. The number of rotatable bonds is 6. The molecule has 0 saturated carbocycles. The lowest BCUT2D eigenvalue weighted by Gasteiger charge is -2.29. The SMILES string of the molecule is COc1ccccc1NC(=O)C1=C(C)Nc2ncnn2[C@H]1c1cc(OC)c([O-])c([N+](=O)[O-])c1. The molecule has 170 valence electrons. The highest BCUT2D eigenvalue weighted by molar-refractivity contribution is 6.06. The Morgan fingerprint density at radius 3 is 2.64 bits per heavy atom. The van der Waals surface area contributed by atoms with Crippen LogP contribution in [0, 0.1) is 10.1 Å². The first kappa shape index (κ1) is 21.6. The maximum Gasteiger partial charge on any atom is 0.265 e. The number of hydrogen-bond acceptors (Lipinski definition) is 9. The van der Waals surface area contributed by atoms with Gasteiger partial charge in [0, 0.05) is 17.5 Å². The van der Waals surface area contributed by atoms with E-state index in [1.165, 1.54) is 31.3 Å². The molecule has 0 spiro atoms. The van der Waals surface area contributed by atoms with Gasteiger partial charge in [0.15, 0.2) is 0 Å². The summed E-state index contributed by atoms with van der Waals surface area (Å²) >= 11 is 0. The number of nitro benzene ring substituents is 1. The number of anilines is 2. The van der Waals surface area contributed by atoms with Gasteiger partial charge in [-0.15, -0.1) is 0 Å². The van der Waals surface area contributed by atoms with E-state index in [1.807, 2.05) is 0 Å². The van der Waals surface area contributed by atoms with E-state index in [1.54, 1.807) is 31.2 Å². The first-order valence-electron chi connectivity index (χ1n) is 9.70. The average molecular weight is 451 g/mol. The van der Waals surface area contributed by atoms with E-state index in [0.717, 1.165) is 6.07 Å². The molecule has 0 radical (unpaired) electrons. The minimum absolute atomic E-state index is 0.217. The Kier molecular flexibility index (Phi) is 5.56. The van der Waals surface area contributed by atoms with Gasteiger partial charge in [-0.1, -0.05) is 12.1 Å². The highest BCUT2D eigenvalue weighted by atomic mass is 16.6. The molecule has 0 saturated heterocycles. The molecule has 1 amide bonds. The molecule has 0 unspecified atom stereocenters. The van der Waals surface area contributed by atoms with Crippen molar-refractivity contribution in [3.8, 4) is 17.2 Å². The minimum atomic E-state index is -0.924. The molecule has 1 aromatic heterocycles. The largest absolute Gasteiger partial charge is 0.865 e. The number of nitro groups is 1. The minimum Gasteiger partial charge on any atom is -0.865 e. The molecule has 2 aromatic carbocycles. The zero-order valence-corrected chi connectivity index (χ0v) is 17.9. The molecule has 33 heavy (non-hydrogen) atoms. The molecular weight excluding hydrogens is 432 g/mol. The van der Waals surface area contributed by atoms with Gasteiger partial charge in [0.2, 0.25) is 5.95 Å². The summed E-state index contributed by atoms with van der Waals surface area (Å²) in [5.74, 6) is -0.789. The molecule has 0 fully saturated rings. The van der Waals surface area contributed by atoms with E-state index in [9.17, 15) is 20.0 Å². The van der Waals surface area contributed by atoms with Crippen LogP contribution in [-0.2, 0) is 4.79 Å². The fraction of sp³-hybridized carbons (Fsp3) is 0.190. The number of hydrogen-bond donors (Lipinski definition) is 2. The number of allylic oxidation sites excluding steroid dienone is 1. The maximum absolute atomic E-state index is 13.4. The topological polar surface area (TPSA) is 156 Å². The lowest BCUT2D eigenvalue weighted by molar-refractivity contribution is -0.398. The van der Waals surface area contributed by atoms with E-state index in [2.05, 4.69) is 20.7 Å². The van der Waals surface area contributed by atoms with Gasteiger partial charge in [0.05, 0.1) is 30.4 Å². The predicted octanol–water partition coefficient (Wildman–Crippen LogP) is 2.20. The fourth-order valence-corrected chi connectivity index (χ4v) is 3.68. The molecule has 0 aliphatic carbocycles. The quantitative estimate of drug-likeness (QED) is 0.423. The van der Waals surface area contributed by atoms with Crippen LogP contribution in [-0.4, -0.2) is 39.8 Å². The Hall–Kier alpha value is -4.61. The molecule has 1 atom stereocenters. The molecule has 1 aliphatic rings. The third kappa shape index (κ3) is 3.78. The first-order valence-corrected chi connectivity index (χ1v) is 9.70. The summed E-state index contributed by atoms with van der Waals surface area (Å²) < 4.78 is 11.8. The second-order valence-electron chi connectivity index (χ2n) is 7.08. The van der Waals surface area contributed by atoms with Gasteiger partial charge < -0.3 is 25.2 Å². The zero-order valence-electron chi connectivity index (χ0n) is 17.9. The molecular formula is C21H19N6O6-. The summed E-state index contributed by atoms with van der Waals surface area (Å²) in [6.45, 7) is 1.68. The number of amides is 1. The Morgan fingerprint density at radius 1 is 1.21 bits per heavy atom. The molecule has 3 aromatic rings. The lowest BCUT2D eigenvalue weighted by Crippen LogP contribution is -2.31. The maximum atomic E-state index is 13.4. The van der Waals surface area contributed by atoms with E-state index in [4.69, 9.17) is 9.47 Å². The number of aromatic nitrogens is 3. The number of carbonyl (C=O) groups is 1. The van der Waals surface area contributed by atoms with Crippen LogP contribution in [0.25, 0.3) is 0 Å². The number of ether oxygens (including phenoxy) is 2. The Balaban J connectivity index is 1.86. The summed E-state index contributed by atoms with van der Waals surface area (Å²) in [6, 6.07) is 8.44. The van der Waals surface area contributed by atoms with Crippen LogP contribution in [0.2, 0.25) is 0 Å². The van der Waals surface area contributed by atoms with Crippen LogP contribution in [0.3, 0.4) is 0 Å². The van der Waals surface area contributed by atoms with Gasteiger partial charge >= 0.3 is 0 Å². The summed E-state index contributed by atoms with van der Waals surface area (Å²) in [5.41, 5.74) is 0.698. The van der Waals surface area contributed by atoms with Crippen molar-refractivity contribution < 1.29 is 24.3 Å². The van der Waals surface area contributed by atoms with Crippen molar-refractivity contribution in [1.29, 1.82) is 0 Å². The molecule has 0 bridgehead atoms. The summed E-state index contributed by atoms with van der Waals surface area (Å²) in [4.78, 5) is 28.3. The highest BCUT2D eigenvalue weighted by Crippen LogP contribution is 2.42. The van der Waals surface area contributed by atoms with Crippen LogP contribution in [0.5, 0.6) is 17.2 Å². The number of para-hydroxylation sites is 2. The second kappa shape index (κ2) is 8.49. The van der Waals surface area contributed by atoms with Crippen molar-refractivity contribution >= 4 is 23.2 Å². The van der Waals surface area contributed by atoms with Crippen LogP contribution in [0.1, 0.15) is 18.5 Å². The predicted molar refractivity (Wildman–Crippen MR) is 115 cm³/mol. The van der Waals surface area contributed by atoms with Crippen molar-refractivity contribution in [3.63, 3.8) is 0 Å². The number of methoxy groups -OCH3 is 2. The van der Waals surface area contributed by atoms with Crippen molar-refractivity contribution in [3.05, 3.63) is 69.7 Å². The normalized spacial score (nSPS) is 14.8. The number of benzene rings is 2. The van der Waals surface area contributed by atoms with E-state index in [0.29, 0.717) is 23.1 Å². The molecule has 2 N–H and O–H groups in total. The van der Waals surface area contributed by atoms with Crippen molar-refractivity contribution in [2.45, 2.75) is 13.0 Å². The number of carbonyl (C=O) groups excluding carboxylic acids is 1. The highest BCUT2D eigenvalue weighted by Gasteiger charge is 2.35. The van der Waals surface area contributed by atoms with Gasteiger partial charge in [-0.3, -0.25) is 14.9 Å². The van der Waals surface area contributed by atoms with Gasteiger partial charge in [-0.2, -0.15) is 10.1 Å². The van der Waals surface area contributed by atoms with Crippen LogP contribution in [0.4, 0.5) is 17.3 Å². The van der Waals surface area contributed by atoms with Crippen molar-refractivity contribution in [1.82, 2.24) is 14.8 Å². The van der Waals surface area contributed by atoms with Gasteiger partial charge in [-0.25, -0.2) is 4.68 Å². The van der Waals surface area contributed by atoms with Crippen LogP contribution < -0.4 is 25.2 Å². The Morgan fingerprint density at radius 2 is 1.94 bits per heavy atom. The summed E-state index contributed by atoms with van der Waals surface area (Å²) in [6.07, 6.45) is 1.29. The van der Waals surface area contributed by atoms with E-state index >= 15 is 0 Å². The fourth-order valence-electron chi connectivity index (χ4n) is 3.68. The third-order valence-electron chi connectivity index (χ3n) is 5.18. The van der Waals surface area contributed by atoms with Crippen molar-refractivity contribution in [2.75, 3.05) is 24.9 Å². The van der Waals surface area contributed by atoms with Gasteiger partial charge in [0.25, 0.3) is 11.6 Å². The van der Waals surface area contributed by atoms with Crippen LogP contribution >= 0.6 is 0 Å². The smallest absolute Gasteiger partial charge is 0.265 e. The van der Waals surface area contributed by atoms with Gasteiger partial charge in [-0.05, 0) is 30.7 Å². The molecule has 2 heterocycles. The molecule has 12 heteroatoms. The standard InChI is InChI=1S/C21H20N6O6/c1-11-17(20(29)25-13-6-4-5-7-15(13)32-2)18(26-21(24-11)22-10-23-26)12-8-14(27(30)31)19(28)16(9-12)33-3/h4-10,18,28H,1-3H3,(H,25,29)(H,22,23,24)/p-1/t18-/m0/s1. The van der Waals surface area contributed by atoms with Crippen molar-refractivity contribution in [2.24, 2.45) is 0 Å². The summed E-state index contributed by atoms with van der Waals surface area (Å²) in [5, 5.41) is 33.9. The summed E-state index contributed by atoms with van der Waals surface area (Å²) in [7, 11) is 2.72. The average Bonchev–Trinajstić information content (AvgIpc) is 3.26. The Bertz CT molecular complexity index is 1280. The lowest BCUT2D eigenvalue weighted by atomic mass is 9.94. The Labute approximate surface area is 187 Å². The van der Waals surface area contributed by atoms with Gasteiger partial charge in [0.1, 0.15) is 23.9 Å². The number of nitrogens with one attached hydrogen (secondary N) is 2. The molecule has 4 rings (SSSR count). The third-order valence-corrected chi connectivity index (χ3v) is 5.18. The number of fused-ring (bicyclic) bond motifs is 1. The first-order chi connectivity index (χ1) is 15.8. The molecule has 12 nitrogen and oxygen atoms in total. The van der Waals surface area contributed by atoms with E-state index < -0.39 is 28.3 Å². The monoisotopic (exact) mass is 451 g/mol. The molecule has 1 aliphatic heterocycles. The second-order valence-corrected chi connectivity index (χ2v) is 7.08.